The van der Waals surface area contributed by atoms with Crippen molar-refractivity contribution >= 4 is 27.5 Å². The van der Waals surface area contributed by atoms with E-state index in [4.69, 9.17) is 5.73 Å². The SMILES string of the molecule is NC(=O)c1c(Br)cccc1NCCCNC1CC1. The van der Waals surface area contributed by atoms with Crippen molar-refractivity contribution in [2.75, 3.05) is 18.4 Å². The standard InChI is InChI=1S/C13H18BrN3O/c14-10-3-1-4-11(12(10)13(15)18)17-8-2-7-16-9-5-6-9/h1,3-4,9,16-17H,2,5-8H2,(H2,15,18). The van der Waals surface area contributed by atoms with E-state index in [9.17, 15) is 4.79 Å². The number of rotatable bonds is 7. The van der Waals surface area contributed by atoms with E-state index >= 15 is 0 Å². The van der Waals surface area contributed by atoms with Crippen LogP contribution in [0.1, 0.15) is 29.6 Å². The number of anilines is 1. The molecular weight excluding hydrogens is 294 g/mol. The van der Waals surface area contributed by atoms with Gasteiger partial charge in [0.05, 0.1) is 5.56 Å². The molecule has 1 aromatic carbocycles. The monoisotopic (exact) mass is 311 g/mol. The number of carbonyl (C=O) groups excluding carboxylic acids is 1. The largest absolute Gasteiger partial charge is 0.384 e. The highest BCUT2D eigenvalue weighted by atomic mass is 79.9. The summed E-state index contributed by atoms with van der Waals surface area (Å²) >= 11 is 3.34. The molecule has 0 unspecified atom stereocenters. The van der Waals surface area contributed by atoms with E-state index in [1.165, 1.54) is 12.8 Å². The van der Waals surface area contributed by atoms with E-state index in [2.05, 4.69) is 26.6 Å². The molecule has 1 aromatic rings. The zero-order valence-electron chi connectivity index (χ0n) is 10.2. The van der Waals surface area contributed by atoms with Crippen LogP contribution >= 0.6 is 15.9 Å². The number of carbonyl (C=O) groups is 1. The lowest BCUT2D eigenvalue weighted by Crippen LogP contribution is -2.21. The van der Waals surface area contributed by atoms with Crippen LogP contribution in [-0.4, -0.2) is 25.0 Å². The Morgan fingerprint density at radius 1 is 1.39 bits per heavy atom. The predicted molar refractivity (Wildman–Crippen MR) is 76.8 cm³/mol. The Bertz CT molecular complexity index is 432. The van der Waals surface area contributed by atoms with Gasteiger partial charge < -0.3 is 16.4 Å². The lowest BCUT2D eigenvalue weighted by atomic mass is 10.1. The van der Waals surface area contributed by atoms with Crippen molar-refractivity contribution in [2.45, 2.75) is 25.3 Å². The van der Waals surface area contributed by atoms with Crippen molar-refractivity contribution < 1.29 is 4.79 Å². The number of halogens is 1. The maximum atomic E-state index is 11.4. The Balaban J connectivity index is 1.83. The van der Waals surface area contributed by atoms with Crippen LogP contribution in [0.3, 0.4) is 0 Å². The Hall–Kier alpha value is -1.07. The number of nitrogens with one attached hydrogen (secondary N) is 2. The third kappa shape index (κ3) is 3.71. The second-order valence-corrected chi connectivity index (χ2v) is 5.39. The Morgan fingerprint density at radius 2 is 2.17 bits per heavy atom. The predicted octanol–water partition coefficient (Wildman–Crippen LogP) is 2.10. The van der Waals surface area contributed by atoms with Gasteiger partial charge in [0, 0.05) is 22.7 Å². The second kappa shape index (κ2) is 6.20. The lowest BCUT2D eigenvalue weighted by Gasteiger charge is -2.11. The summed E-state index contributed by atoms with van der Waals surface area (Å²) in [5.74, 6) is -0.416. The first-order chi connectivity index (χ1) is 8.68. The molecule has 0 saturated heterocycles. The third-order valence-corrected chi connectivity index (χ3v) is 3.60. The van der Waals surface area contributed by atoms with E-state index < -0.39 is 5.91 Å². The van der Waals surface area contributed by atoms with Gasteiger partial charge >= 0.3 is 0 Å². The number of hydrogen-bond acceptors (Lipinski definition) is 3. The Kier molecular flexibility index (Phi) is 4.60. The molecule has 1 amide bonds. The molecule has 0 bridgehead atoms. The molecule has 0 heterocycles. The summed E-state index contributed by atoms with van der Waals surface area (Å²) in [5.41, 5.74) is 6.69. The fraction of sp³-hybridized carbons (Fsp3) is 0.462. The molecule has 0 spiro atoms. The van der Waals surface area contributed by atoms with Crippen molar-refractivity contribution in [1.29, 1.82) is 0 Å². The summed E-state index contributed by atoms with van der Waals surface area (Å²) in [6.45, 7) is 1.84. The number of nitrogens with two attached hydrogens (primary N) is 1. The van der Waals surface area contributed by atoms with Crippen LogP contribution in [-0.2, 0) is 0 Å². The number of hydrogen-bond donors (Lipinski definition) is 3. The fourth-order valence-corrected chi connectivity index (χ4v) is 2.39. The summed E-state index contributed by atoms with van der Waals surface area (Å²) < 4.78 is 0.733. The second-order valence-electron chi connectivity index (χ2n) is 4.54. The van der Waals surface area contributed by atoms with E-state index in [0.717, 1.165) is 35.7 Å². The van der Waals surface area contributed by atoms with Gasteiger partial charge in [-0.1, -0.05) is 6.07 Å². The first kappa shape index (κ1) is 13.4. The molecule has 0 radical (unpaired) electrons. The van der Waals surface area contributed by atoms with E-state index in [0.29, 0.717) is 5.56 Å². The highest BCUT2D eigenvalue weighted by molar-refractivity contribution is 9.10. The van der Waals surface area contributed by atoms with Crippen LogP contribution in [0, 0.1) is 0 Å². The number of amides is 1. The molecule has 1 aliphatic carbocycles. The van der Waals surface area contributed by atoms with Crippen molar-refractivity contribution in [3.63, 3.8) is 0 Å². The van der Waals surface area contributed by atoms with Crippen LogP contribution in [0.4, 0.5) is 5.69 Å². The Labute approximate surface area is 115 Å². The molecule has 4 N–H and O–H groups in total. The van der Waals surface area contributed by atoms with Gasteiger partial charge in [0.15, 0.2) is 0 Å². The van der Waals surface area contributed by atoms with Gasteiger partial charge in [-0.15, -0.1) is 0 Å². The topological polar surface area (TPSA) is 67.2 Å². The molecule has 1 fully saturated rings. The van der Waals surface area contributed by atoms with Crippen LogP contribution < -0.4 is 16.4 Å². The third-order valence-electron chi connectivity index (χ3n) is 2.94. The minimum atomic E-state index is -0.416. The molecule has 5 heteroatoms. The van der Waals surface area contributed by atoms with Crippen LogP contribution in [0.2, 0.25) is 0 Å². The molecule has 2 rings (SSSR count). The average molecular weight is 312 g/mol. The van der Waals surface area contributed by atoms with Gasteiger partial charge in [-0.2, -0.15) is 0 Å². The first-order valence-corrected chi connectivity index (χ1v) is 7.03. The maximum Gasteiger partial charge on any atom is 0.251 e. The quantitative estimate of drug-likeness (QED) is 0.676. The summed E-state index contributed by atoms with van der Waals surface area (Å²) in [7, 11) is 0. The number of primary amides is 1. The minimum absolute atomic E-state index is 0.416. The first-order valence-electron chi connectivity index (χ1n) is 6.24. The zero-order chi connectivity index (χ0) is 13.0. The van der Waals surface area contributed by atoms with Crippen LogP contribution in [0.15, 0.2) is 22.7 Å². The highest BCUT2D eigenvalue weighted by Gasteiger charge is 2.19. The van der Waals surface area contributed by atoms with Gasteiger partial charge in [0.1, 0.15) is 0 Å². The van der Waals surface area contributed by atoms with Crippen LogP contribution in [0.25, 0.3) is 0 Å². The molecule has 1 aliphatic rings. The Morgan fingerprint density at radius 3 is 2.83 bits per heavy atom. The summed E-state index contributed by atoms with van der Waals surface area (Å²) in [6, 6.07) is 6.33. The lowest BCUT2D eigenvalue weighted by molar-refractivity contribution is 0.100. The normalized spacial score (nSPS) is 14.5. The zero-order valence-corrected chi connectivity index (χ0v) is 11.8. The summed E-state index contributed by atoms with van der Waals surface area (Å²) in [6.07, 6.45) is 3.65. The van der Waals surface area contributed by atoms with Gasteiger partial charge in [0.25, 0.3) is 5.91 Å². The van der Waals surface area contributed by atoms with Crippen molar-refractivity contribution in [3.05, 3.63) is 28.2 Å². The average Bonchev–Trinajstić information content (AvgIpc) is 3.12. The molecule has 4 nitrogen and oxygen atoms in total. The molecule has 0 atom stereocenters. The summed E-state index contributed by atoms with van der Waals surface area (Å²) in [5, 5.41) is 6.71. The highest BCUT2D eigenvalue weighted by Crippen LogP contribution is 2.24. The molecule has 18 heavy (non-hydrogen) atoms. The van der Waals surface area contributed by atoms with Gasteiger partial charge in [-0.05, 0) is 53.9 Å². The van der Waals surface area contributed by atoms with Crippen molar-refractivity contribution in [1.82, 2.24) is 5.32 Å². The van der Waals surface area contributed by atoms with Gasteiger partial charge in [-0.3, -0.25) is 4.79 Å². The number of benzene rings is 1. The van der Waals surface area contributed by atoms with Gasteiger partial charge in [-0.25, -0.2) is 0 Å². The molecule has 0 aromatic heterocycles. The minimum Gasteiger partial charge on any atom is -0.384 e. The fourth-order valence-electron chi connectivity index (χ4n) is 1.83. The maximum absolute atomic E-state index is 11.4. The van der Waals surface area contributed by atoms with E-state index in [-0.39, 0.29) is 0 Å². The van der Waals surface area contributed by atoms with E-state index in [1.807, 2.05) is 18.2 Å². The van der Waals surface area contributed by atoms with E-state index in [1.54, 1.807) is 0 Å². The molecule has 98 valence electrons. The van der Waals surface area contributed by atoms with Gasteiger partial charge in [0.2, 0.25) is 0 Å². The van der Waals surface area contributed by atoms with Crippen LogP contribution in [0.5, 0.6) is 0 Å². The molecule has 1 saturated carbocycles. The molecular formula is C13H18BrN3O. The van der Waals surface area contributed by atoms with Crippen molar-refractivity contribution in [2.24, 2.45) is 5.73 Å². The summed E-state index contributed by atoms with van der Waals surface area (Å²) in [4.78, 5) is 11.4. The smallest absolute Gasteiger partial charge is 0.251 e. The van der Waals surface area contributed by atoms with Crippen molar-refractivity contribution in [3.8, 4) is 0 Å². The molecule has 0 aliphatic heterocycles.